The van der Waals surface area contributed by atoms with Gasteiger partial charge in [-0.3, -0.25) is 4.90 Å². The summed E-state index contributed by atoms with van der Waals surface area (Å²) in [7, 11) is 3.29. The first-order chi connectivity index (χ1) is 14.1. The van der Waals surface area contributed by atoms with Crippen molar-refractivity contribution >= 4 is 17.4 Å². The molecule has 3 atom stereocenters. The Morgan fingerprint density at radius 1 is 1.07 bits per heavy atom. The molecule has 1 heterocycles. The first-order valence-corrected chi connectivity index (χ1v) is 10.9. The third-order valence-electron chi connectivity index (χ3n) is 5.44. The van der Waals surface area contributed by atoms with E-state index in [-0.39, 0.29) is 17.8 Å². The highest BCUT2D eigenvalue weighted by molar-refractivity contribution is 7.78. The number of aldehydes is 1. The van der Waals surface area contributed by atoms with Gasteiger partial charge in [0.1, 0.15) is 17.8 Å². The molecule has 1 aliphatic rings. The van der Waals surface area contributed by atoms with E-state index in [1.54, 1.807) is 14.2 Å². The molecule has 0 spiro atoms. The maximum Gasteiger partial charge on any atom is 0.157 e. The summed E-state index contributed by atoms with van der Waals surface area (Å²) in [5, 5.41) is 0. The minimum Gasteiger partial charge on any atom is -0.496 e. The first kappa shape index (κ1) is 21.5. The van der Waals surface area contributed by atoms with E-state index in [0.717, 1.165) is 53.7 Å². The second-order valence-corrected chi connectivity index (χ2v) is 8.11. The summed E-state index contributed by atoms with van der Waals surface area (Å²) in [4.78, 5) is 14.1. The van der Waals surface area contributed by atoms with Crippen molar-refractivity contribution in [2.75, 3.05) is 14.2 Å². The Morgan fingerprint density at radius 3 is 2.24 bits per heavy atom. The number of hydrogen-bond acceptors (Lipinski definition) is 5. The van der Waals surface area contributed by atoms with Gasteiger partial charge in [-0.1, -0.05) is 30.3 Å². The highest BCUT2D eigenvalue weighted by atomic mass is 32.2. The molecule has 1 N–H and O–H groups in total. The van der Waals surface area contributed by atoms with Crippen molar-refractivity contribution in [1.29, 1.82) is 0 Å². The van der Waals surface area contributed by atoms with Crippen LogP contribution in [-0.2, 0) is 28.2 Å². The van der Waals surface area contributed by atoms with Crippen LogP contribution in [0.3, 0.4) is 0 Å². The molecule has 0 saturated carbocycles. The Morgan fingerprint density at radius 2 is 1.69 bits per heavy atom. The standard InChI is InChI=1S/C22H27NO5S/c1-27-20-7-4-8-21(28-2)22(20)19-6-3-5-18(14-24)23(19)13-16-9-11-17(12-10-16)15-29(25)26/h4,7-12,14,18-19H,3,5-6,13,15H2,1-2H3,(H,25,26). The van der Waals surface area contributed by atoms with Crippen molar-refractivity contribution in [1.82, 2.24) is 4.90 Å². The lowest BCUT2D eigenvalue weighted by molar-refractivity contribution is -0.115. The summed E-state index contributed by atoms with van der Waals surface area (Å²) >= 11 is -1.86. The van der Waals surface area contributed by atoms with Crippen LogP contribution in [-0.4, -0.2) is 40.2 Å². The monoisotopic (exact) mass is 417 g/mol. The Bertz CT molecular complexity index is 833. The number of hydrogen-bond donors (Lipinski definition) is 1. The number of ether oxygens (including phenoxy) is 2. The van der Waals surface area contributed by atoms with Crippen molar-refractivity contribution in [3.05, 3.63) is 59.2 Å². The molecule has 29 heavy (non-hydrogen) atoms. The fraction of sp³-hybridized carbons (Fsp3) is 0.409. The van der Waals surface area contributed by atoms with Gasteiger partial charge in [0.2, 0.25) is 0 Å². The maximum atomic E-state index is 11.9. The van der Waals surface area contributed by atoms with Crippen molar-refractivity contribution in [3.8, 4) is 11.5 Å². The normalized spacial score (nSPS) is 20.8. The number of rotatable bonds is 8. The molecule has 0 radical (unpaired) electrons. The summed E-state index contributed by atoms with van der Waals surface area (Å²) in [6, 6.07) is 13.2. The lowest BCUT2D eigenvalue weighted by Crippen LogP contribution is -2.42. The lowest BCUT2D eigenvalue weighted by atomic mass is 9.89. The number of piperidine rings is 1. The van der Waals surface area contributed by atoms with Crippen LogP contribution >= 0.6 is 0 Å². The molecule has 7 heteroatoms. The molecule has 1 saturated heterocycles. The Labute approximate surface area is 174 Å². The highest BCUT2D eigenvalue weighted by Gasteiger charge is 2.34. The van der Waals surface area contributed by atoms with Gasteiger partial charge in [-0.25, -0.2) is 4.21 Å². The summed E-state index contributed by atoms with van der Waals surface area (Å²) < 4.78 is 31.3. The van der Waals surface area contributed by atoms with E-state index in [0.29, 0.717) is 6.54 Å². The molecule has 3 unspecified atom stereocenters. The number of likely N-dealkylation sites (tertiary alicyclic amines) is 1. The SMILES string of the molecule is COc1cccc(OC)c1C1CCCC(C=O)N1Cc1ccc(CS(=O)O)cc1. The zero-order valence-corrected chi connectivity index (χ0v) is 17.6. The molecule has 3 rings (SSSR count). The molecule has 2 aromatic rings. The van der Waals surface area contributed by atoms with E-state index in [2.05, 4.69) is 4.90 Å². The topological polar surface area (TPSA) is 76.1 Å². The van der Waals surface area contributed by atoms with Crippen molar-refractivity contribution in [3.63, 3.8) is 0 Å². The molecule has 2 aromatic carbocycles. The number of methoxy groups -OCH3 is 2. The minimum absolute atomic E-state index is 0.00493. The average Bonchev–Trinajstić information content (AvgIpc) is 2.74. The van der Waals surface area contributed by atoms with Gasteiger partial charge in [0, 0.05) is 12.6 Å². The molecule has 156 valence electrons. The summed E-state index contributed by atoms with van der Waals surface area (Å²) in [6.45, 7) is 0.595. The van der Waals surface area contributed by atoms with Crippen LogP contribution in [0, 0.1) is 0 Å². The van der Waals surface area contributed by atoms with E-state index >= 15 is 0 Å². The van der Waals surface area contributed by atoms with Gasteiger partial charge in [0.25, 0.3) is 0 Å². The van der Waals surface area contributed by atoms with Crippen molar-refractivity contribution in [2.24, 2.45) is 0 Å². The van der Waals surface area contributed by atoms with Crippen LogP contribution < -0.4 is 9.47 Å². The van der Waals surface area contributed by atoms with Gasteiger partial charge in [-0.05, 0) is 42.5 Å². The third kappa shape index (κ3) is 5.04. The van der Waals surface area contributed by atoms with Crippen LogP contribution in [0.5, 0.6) is 11.5 Å². The van der Waals surface area contributed by atoms with Crippen molar-refractivity contribution in [2.45, 2.75) is 43.6 Å². The minimum atomic E-state index is -1.86. The van der Waals surface area contributed by atoms with E-state index < -0.39 is 11.1 Å². The molecule has 0 aliphatic carbocycles. The van der Waals surface area contributed by atoms with Gasteiger partial charge in [0.15, 0.2) is 11.1 Å². The average molecular weight is 418 g/mol. The Balaban J connectivity index is 1.93. The van der Waals surface area contributed by atoms with Crippen LogP contribution in [0.25, 0.3) is 0 Å². The fourth-order valence-electron chi connectivity index (χ4n) is 4.07. The number of benzene rings is 2. The van der Waals surface area contributed by atoms with Crippen molar-refractivity contribution < 1.29 is 23.0 Å². The van der Waals surface area contributed by atoms with Gasteiger partial charge >= 0.3 is 0 Å². The van der Waals surface area contributed by atoms with Gasteiger partial charge < -0.3 is 18.8 Å². The second-order valence-electron chi connectivity index (χ2n) is 7.18. The van der Waals surface area contributed by atoms with E-state index in [9.17, 15) is 9.00 Å². The predicted octanol–water partition coefficient (Wildman–Crippen LogP) is 3.72. The quantitative estimate of drug-likeness (QED) is 0.521. The second kappa shape index (κ2) is 10.0. The zero-order chi connectivity index (χ0) is 20.8. The van der Waals surface area contributed by atoms with Gasteiger partial charge in [-0.15, -0.1) is 0 Å². The van der Waals surface area contributed by atoms with E-state index in [4.69, 9.17) is 14.0 Å². The molecule has 0 bridgehead atoms. The van der Waals surface area contributed by atoms with Gasteiger partial charge in [-0.2, -0.15) is 0 Å². The molecule has 6 nitrogen and oxygen atoms in total. The molecular weight excluding hydrogens is 390 g/mol. The summed E-state index contributed by atoms with van der Waals surface area (Å²) in [5.74, 6) is 1.63. The molecule has 0 amide bonds. The Hall–Kier alpha value is -2.22. The van der Waals surface area contributed by atoms with Crippen LogP contribution in [0.15, 0.2) is 42.5 Å². The number of carbonyl (C=O) groups excluding carboxylic acids is 1. The van der Waals surface area contributed by atoms with Crippen LogP contribution in [0.1, 0.15) is 42.0 Å². The molecule has 0 aromatic heterocycles. The smallest absolute Gasteiger partial charge is 0.157 e. The lowest BCUT2D eigenvalue weighted by Gasteiger charge is -2.41. The highest BCUT2D eigenvalue weighted by Crippen LogP contribution is 2.43. The largest absolute Gasteiger partial charge is 0.496 e. The molecule has 1 fully saturated rings. The third-order valence-corrected chi connectivity index (χ3v) is 6.02. The number of nitrogens with zero attached hydrogens (tertiary/aromatic N) is 1. The maximum absolute atomic E-state index is 11.9. The predicted molar refractivity (Wildman–Crippen MR) is 112 cm³/mol. The Kier molecular flexibility index (Phi) is 7.41. The van der Waals surface area contributed by atoms with E-state index in [1.165, 1.54) is 0 Å². The first-order valence-electron chi connectivity index (χ1n) is 9.64. The van der Waals surface area contributed by atoms with Crippen LogP contribution in [0.4, 0.5) is 0 Å². The molecular formula is C22H27NO5S. The van der Waals surface area contributed by atoms with E-state index in [1.807, 2.05) is 42.5 Å². The van der Waals surface area contributed by atoms with Gasteiger partial charge in [0.05, 0.1) is 31.6 Å². The molecule has 1 aliphatic heterocycles. The summed E-state index contributed by atoms with van der Waals surface area (Å²) in [6.07, 6.45) is 3.70. The summed E-state index contributed by atoms with van der Waals surface area (Å²) in [5.41, 5.74) is 2.82. The van der Waals surface area contributed by atoms with Crippen LogP contribution in [0.2, 0.25) is 0 Å². The zero-order valence-electron chi connectivity index (χ0n) is 16.7. The number of carbonyl (C=O) groups is 1. The fourth-order valence-corrected chi connectivity index (χ4v) is 4.55.